The third-order valence-electron chi connectivity index (χ3n) is 3.23. The zero-order chi connectivity index (χ0) is 15.4. The molecule has 5 N–H and O–H groups in total. The Morgan fingerprint density at radius 3 is 2.48 bits per heavy atom. The van der Waals surface area contributed by atoms with Crippen molar-refractivity contribution in [3.63, 3.8) is 0 Å². The normalized spacial score (nSPS) is 16.9. The SMILES string of the molecule is CC(C(N)=O)C(N)=Nc1ccc(C2=NNC(=O)CC2)cc1. The second kappa shape index (κ2) is 6.17. The molecule has 0 aromatic heterocycles. The smallest absolute Gasteiger partial charge is 0.240 e. The maximum absolute atomic E-state index is 11.0. The lowest BCUT2D eigenvalue weighted by molar-refractivity contribution is -0.121. The monoisotopic (exact) mass is 287 g/mol. The van der Waals surface area contributed by atoms with E-state index in [1.807, 2.05) is 12.1 Å². The number of carbonyl (C=O) groups is 2. The minimum Gasteiger partial charge on any atom is -0.386 e. The Bertz CT molecular complexity index is 619. The van der Waals surface area contributed by atoms with Crippen molar-refractivity contribution >= 4 is 29.0 Å². The van der Waals surface area contributed by atoms with Crippen LogP contribution < -0.4 is 16.9 Å². The Balaban J connectivity index is 2.14. The van der Waals surface area contributed by atoms with Crippen LogP contribution in [0.4, 0.5) is 5.69 Å². The molecule has 0 aliphatic carbocycles. The van der Waals surface area contributed by atoms with Gasteiger partial charge in [0, 0.05) is 12.8 Å². The number of rotatable bonds is 4. The summed E-state index contributed by atoms with van der Waals surface area (Å²) in [5.41, 5.74) is 15.7. The van der Waals surface area contributed by atoms with Crippen molar-refractivity contribution in [1.82, 2.24) is 5.43 Å². The quantitative estimate of drug-likeness (QED) is 0.549. The molecule has 0 saturated heterocycles. The number of carbonyl (C=O) groups excluding carboxylic acids is 2. The van der Waals surface area contributed by atoms with Crippen LogP contribution in [-0.2, 0) is 9.59 Å². The molecular weight excluding hydrogens is 270 g/mol. The Kier molecular flexibility index (Phi) is 4.32. The highest BCUT2D eigenvalue weighted by Gasteiger charge is 2.14. The first kappa shape index (κ1) is 14.7. The summed E-state index contributed by atoms with van der Waals surface area (Å²) in [6.45, 7) is 1.61. The van der Waals surface area contributed by atoms with Crippen molar-refractivity contribution in [2.24, 2.45) is 27.5 Å². The van der Waals surface area contributed by atoms with E-state index in [1.165, 1.54) is 0 Å². The molecule has 1 aromatic carbocycles. The predicted octanol–water partition coefficient (Wildman–Crippen LogP) is 0.411. The molecule has 1 aromatic rings. The van der Waals surface area contributed by atoms with Crippen molar-refractivity contribution in [2.45, 2.75) is 19.8 Å². The highest BCUT2D eigenvalue weighted by Crippen LogP contribution is 2.17. The van der Waals surface area contributed by atoms with Crippen molar-refractivity contribution in [3.8, 4) is 0 Å². The van der Waals surface area contributed by atoms with Crippen molar-refractivity contribution in [1.29, 1.82) is 0 Å². The molecule has 1 unspecified atom stereocenters. The lowest BCUT2D eigenvalue weighted by Gasteiger charge is -2.12. The zero-order valence-electron chi connectivity index (χ0n) is 11.7. The third kappa shape index (κ3) is 3.65. The van der Waals surface area contributed by atoms with E-state index in [9.17, 15) is 9.59 Å². The fourth-order valence-electron chi connectivity index (χ4n) is 1.80. The minimum absolute atomic E-state index is 0.0758. The number of nitrogens with two attached hydrogens (primary N) is 2. The molecule has 1 heterocycles. The van der Waals surface area contributed by atoms with Crippen LogP contribution in [0.2, 0.25) is 0 Å². The van der Waals surface area contributed by atoms with Gasteiger partial charge in [-0.25, -0.2) is 10.4 Å². The van der Waals surface area contributed by atoms with E-state index in [4.69, 9.17) is 11.5 Å². The van der Waals surface area contributed by atoms with Crippen molar-refractivity contribution in [3.05, 3.63) is 29.8 Å². The van der Waals surface area contributed by atoms with E-state index in [2.05, 4.69) is 15.5 Å². The average molecular weight is 287 g/mol. The van der Waals surface area contributed by atoms with Crippen LogP contribution in [0.25, 0.3) is 0 Å². The van der Waals surface area contributed by atoms with Gasteiger partial charge in [0.1, 0.15) is 5.84 Å². The van der Waals surface area contributed by atoms with Crippen LogP contribution >= 0.6 is 0 Å². The van der Waals surface area contributed by atoms with Gasteiger partial charge in [-0.3, -0.25) is 9.59 Å². The van der Waals surface area contributed by atoms with Gasteiger partial charge in [0.25, 0.3) is 0 Å². The number of primary amides is 1. The number of hydrogen-bond acceptors (Lipinski definition) is 4. The van der Waals surface area contributed by atoms with Gasteiger partial charge in [-0.1, -0.05) is 12.1 Å². The van der Waals surface area contributed by atoms with Gasteiger partial charge in [-0.2, -0.15) is 5.10 Å². The van der Waals surface area contributed by atoms with Crippen LogP contribution in [-0.4, -0.2) is 23.4 Å². The molecule has 0 fully saturated rings. The summed E-state index contributed by atoms with van der Waals surface area (Å²) in [4.78, 5) is 26.2. The third-order valence-corrected chi connectivity index (χ3v) is 3.23. The second-order valence-electron chi connectivity index (χ2n) is 4.80. The standard InChI is InChI=1S/C14H17N5O2/c1-8(14(16)21)13(15)17-10-4-2-9(3-5-10)11-6-7-12(20)19-18-11/h2-5,8H,6-7H2,1H3,(H2,15,17)(H2,16,21)(H,19,20). The Labute approximate surface area is 122 Å². The van der Waals surface area contributed by atoms with Crippen LogP contribution in [0.1, 0.15) is 25.3 Å². The molecule has 2 amide bonds. The summed E-state index contributed by atoms with van der Waals surface area (Å²) in [7, 11) is 0. The first-order chi connectivity index (χ1) is 9.97. The highest BCUT2D eigenvalue weighted by molar-refractivity contribution is 6.04. The first-order valence-corrected chi connectivity index (χ1v) is 6.56. The topological polar surface area (TPSA) is 123 Å². The average Bonchev–Trinajstić information content (AvgIpc) is 2.48. The molecule has 1 aliphatic rings. The lowest BCUT2D eigenvalue weighted by atomic mass is 10.0. The first-order valence-electron chi connectivity index (χ1n) is 6.56. The fourth-order valence-corrected chi connectivity index (χ4v) is 1.80. The number of amides is 2. The molecule has 0 saturated carbocycles. The summed E-state index contributed by atoms with van der Waals surface area (Å²) in [5, 5.41) is 4.02. The van der Waals surface area contributed by atoms with E-state index >= 15 is 0 Å². The van der Waals surface area contributed by atoms with Gasteiger partial charge in [-0.15, -0.1) is 0 Å². The maximum atomic E-state index is 11.0. The van der Waals surface area contributed by atoms with Gasteiger partial charge >= 0.3 is 0 Å². The number of hydrazone groups is 1. The summed E-state index contributed by atoms with van der Waals surface area (Å²) in [6.07, 6.45) is 1.04. The van der Waals surface area contributed by atoms with E-state index in [-0.39, 0.29) is 11.7 Å². The predicted molar refractivity (Wildman–Crippen MR) is 80.0 cm³/mol. The molecule has 0 spiro atoms. The van der Waals surface area contributed by atoms with Gasteiger partial charge in [0.2, 0.25) is 11.8 Å². The molecule has 2 rings (SSSR count). The van der Waals surface area contributed by atoms with Crippen LogP contribution in [0.5, 0.6) is 0 Å². The largest absolute Gasteiger partial charge is 0.386 e. The maximum Gasteiger partial charge on any atom is 0.240 e. The Hall–Kier alpha value is -2.70. The molecule has 1 atom stereocenters. The molecule has 0 radical (unpaired) electrons. The molecule has 7 nitrogen and oxygen atoms in total. The summed E-state index contributed by atoms with van der Waals surface area (Å²) in [6, 6.07) is 7.23. The van der Waals surface area contributed by atoms with Gasteiger partial charge < -0.3 is 11.5 Å². The zero-order valence-corrected chi connectivity index (χ0v) is 11.7. The number of benzene rings is 1. The summed E-state index contributed by atoms with van der Waals surface area (Å²) in [5.74, 6) is -1.02. The Morgan fingerprint density at radius 1 is 1.29 bits per heavy atom. The summed E-state index contributed by atoms with van der Waals surface area (Å²) < 4.78 is 0. The molecule has 110 valence electrons. The van der Waals surface area contributed by atoms with E-state index in [1.54, 1.807) is 19.1 Å². The summed E-state index contributed by atoms with van der Waals surface area (Å²) >= 11 is 0. The van der Waals surface area contributed by atoms with Crippen LogP contribution in [0.3, 0.4) is 0 Å². The van der Waals surface area contributed by atoms with Gasteiger partial charge in [0.15, 0.2) is 0 Å². The van der Waals surface area contributed by atoms with E-state index in [0.29, 0.717) is 18.5 Å². The van der Waals surface area contributed by atoms with Gasteiger partial charge in [0.05, 0.1) is 17.3 Å². The van der Waals surface area contributed by atoms with Crippen molar-refractivity contribution in [2.75, 3.05) is 0 Å². The number of nitrogens with zero attached hydrogens (tertiary/aromatic N) is 2. The lowest BCUT2D eigenvalue weighted by Crippen LogP contribution is -2.32. The minimum atomic E-state index is -0.609. The second-order valence-corrected chi connectivity index (χ2v) is 4.80. The van der Waals surface area contributed by atoms with Crippen LogP contribution in [0, 0.1) is 5.92 Å². The number of hydrogen-bond donors (Lipinski definition) is 3. The number of amidine groups is 1. The molecule has 1 aliphatic heterocycles. The number of aliphatic imine (C=N–C) groups is 1. The van der Waals surface area contributed by atoms with Crippen molar-refractivity contribution < 1.29 is 9.59 Å². The van der Waals surface area contributed by atoms with E-state index < -0.39 is 11.8 Å². The molecule has 21 heavy (non-hydrogen) atoms. The molecular formula is C14H17N5O2. The molecule has 0 bridgehead atoms. The number of nitrogens with one attached hydrogen (secondary N) is 1. The van der Waals surface area contributed by atoms with E-state index in [0.717, 1.165) is 11.3 Å². The fraction of sp³-hybridized carbons (Fsp3) is 0.286. The van der Waals surface area contributed by atoms with Crippen LogP contribution in [0.15, 0.2) is 34.4 Å². The molecule has 7 heteroatoms. The van der Waals surface area contributed by atoms with Gasteiger partial charge in [-0.05, 0) is 24.6 Å². The Morgan fingerprint density at radius 2 is 1.95 bits per heavy atom. The highest BCUT2D eigenvalue weighted by atomic mass is 16.2.